The molecule has 1 heterocycles. The average Bonchev–Trinajstić information content (AvgIpc) is 2.27. The highest BCUT2D eigenvalue weighted by atomic mass is 16.1. The van der Waals surface area contributed by atoms with Gasteiger partial charge in [-0.25, -0.2) is 0 Å². The Bertz CT molecular complexity index is 199. The number of hydrogen-bond acceptors (Lipinski definition) is 2. The number of carbonyl (C=O) groups excluding carboxylic acids is 1. The van der Waals surface area contributed by atoms with Gasteiger partial charge in [-0.15, -0.1) is 0 Å². The van der Waals surface area contributed by atoms with Gasteiger partial charge in [0.15, 0.2) is 0 Å². The molecule has 0 amide bonds. The number of Topliss-reactive ketones (excluding diaryl/α,β-unsaturated/α-hetero) is 1. The number of hydrogen-bond donors (Lipinski definition) is 0. The summed E-state index contributed by atoms with van der Waals surface area (Å²) in [5.41, 5.74) is 0.604. The molecule has 1 fully saturated rings. The highest BCUT2D eigenvalue weighted by Gasteiger charge is 2.30. The number of nitrogens with zero attached hydrogens (tertiary/aromatic N) is 1. The minimum absolute atomic E-state index is 0.317. The topological polar surface area (TPSA) is 20.3 Å². The molecule has 1 rings (SSSR count). The van der Waals surface area contributed by atoms with Crippen molar-refractivity contribution in [3.05, 3.63) is 0 Å². The van der Waals surface area contributed by atoms with Crippen molar-refractivity contribution < 1.29 is 4.79 Å². The third-order valence-electron chi connectivity index (χ3n) is 4.20. The summed E-state index contributed by atoms with van der Waals surface area (Å²) in [4.78, 5) is 13.3. The predicted octanol–water partition coefficient (Wildman–Crippen LogP) is 2.87. The molecule has 0 aromatic carbocycles. The predicted molar refractivity (Wildman–Crippen MR) is 64.0 cm³/mol. The zero-order valence-corrected chi connectivity index (χ0v) is 10.5. The first kappa shape index (κ1) is 12.7. The van der Waals surface area contributed by atoms with E-state index in [1.54, 1.807) is 6.92 Å². The molecule has 0 N–H and O–H groups in total. The minimum Gasteiger partial charge on any atom is -0.303 e. The summed E-state index contributed by atoms with van der Waals surface area (Å²) in [6, 6.07) is 0. The fourth-order valence-electron chi connectivity index (χ4n) is 2.52. The molecule has 88 valence electrons. The van der Waals surface area contributed by atoms with Crippen LogP contribution in [0, 0.1) is 5.41 Å². The molecular formula is C13H25NO. The van der Waals surface area contributed by atoms with Gasteiger partial charge in [0.25, 0.3) is 0 Å². The van der Waals surface area contributed by atoms with E-state index in [0.29, 0.717) is 11.2 Å². The molecule has 0 spiro atoms. The van der Waals surface area contributed by atoms with Gasteiger partial charge in [-0.3, -0.25) is 4.79 Å². The fraction of sp³-hybridized carbons (Fsp3) is 0.923. The molecule has 2 heteroatoms. The Balaban J connectivity index is 2.31. The number of likely N-dealkylation sites (tertiary alicyclic amines) is 1. The monoisotopic (exact) mass is 211 g/mol. The van der Waals surface area contributed by atoms with Crippen LogP contribution in [0.15, 0.2) is 0 Å². The Labute approximate surface area is 94.0 Å². The Hall–Kier alpha value is -0.370. The average molecular weight is 211 g/mol. The van der Waals surface area contributed by atoms with Gasteiger partial charge in [-0.05, 0) is 38.3 Å². The van der Waals surface area contributed by atoms with Crippen LogP contribution in [-0.4, -0.2) is 30.3 Å². The highest BCUT2D eigenvalue weighted by molar-refractivity contribution is 5.75. The lowest BCUT2D eigenvalue weighted by Gasteiger charge is -2.41. The summed E-state index contributed by atoms with van der Waals surface area (Å²) in [6.45, 7) is 9.67. The summed E-state index contributed by atoms with van der Waals surface area (Å²) in [5.74, 6) is 0.317. The van der Waals surface area contributed by atoms with Gasteiger partial charge in [0, 0.05) is 13.0 Å². The molecule has 0 bridgehead atoms. The molecule has 0 unspecified atom stereocenters. The largest absolute Gasteiger partial charge is 0.303 e. The van der Waals surface area contributed by atoms with Crippen molar-refractivity contribution in [1.82, 2.24) is 4.90 Å². The molecule has 0 aromatic heterocycles. The van der Waals surface area contributed by atoms with E-state index >= 15 is 0 Å². The molecule has 1 saturated heterocycles. The van der Waals surface area contributed by atoms with Gasteiger partial charge in [0.1, 0.15) is 5.78 Å². The molecule has 0 radical (unpaired) electrons. The molecule has 0 aromatic rings. The first-order valence-electron chi connectivity index (χ1n) is 6.33. The second-order valence-corrected chi connectivity index (χ2v) is 5.00. The second-order valence-electron chi connectivity index (χ2n) is 5.00. The zero-order valence-electron chi connectivity index (χ0n) is 10.5. The van der Waals surface area contributed by atoms with E-state index < -0.39 is 0 Å². The van der Waals surface area contributed by atoms with Crippen molar-refractivity contribution in [1.29, 1.82) is 0 Å². The van der Waals surface area contributed by atoms with E-state index in [4.69, 9.17) is 0 Å². The zero-order chi connectivity index (χ0) is 11.3. The van der Waals surface area contributed by atoms with Crippen molar-refractivity contribution in [2.45, 2.75) is 52.9 Å². The van der Waals surface area contributed by atoms with Gasteiger partial charge >= 0.3 is 0 Å². The van der Waals surface area contributed by atoms with E-state index in [1.165, 1.54) is 38.8 Å². The van der Waals surface area contributed by atoms with E-state index in [2.05, 4.69) is 18.7 Å². The molecule has 0 saturated carbocycles. The number of ketones is 1. The maximum atomic E-state index is 10.9. The normalized spacial score (nSPS) is 21.5. The first-order valence-corrected chi connectivity index (χ1v) is 6.33. The van der Waals surface area contributed by atoms with Crippen molar-refractivity contribution in [2.24, 2.45) is 5.41 Å². The van der Waals surface area contributed by atoms with Crippen molar-refractivity contribution in [3.8, 4) is 0 Å². The minimum atomic E-state index is 0.317. The van der Waals surface area contributed by atoms with Crippen molar-refractivity contribution in [2.75, 3.05) is 19.6 Å². The van der Waals surface area contributed by atoms with Crippen LogP contribution < -0.4 is 0 Å². The number of rotatable bonds is 5. The van der Waals surface area contributed by atoms with Crippen molar-refractivity contribution in [3.63, 3.8) is 0 Å². The Morgan fingerprint density at radius 1 is 1.20 bits per heavy atom. The van der Waals surface area contributed by atoms with Crippen LogP contribution in [0.2, 0.25) is 0 Å². The van der Waals surface area contributed by atoms with Crippen LogP contribution in [0.3, 0.4) is 0 Å². The molecule has 0 aliphatic carbocycles. The standard InChI is InChI=1S/C13H25NO/c1-4-13(5-2)7-10-14(11-8-13)9-6-12(3)15/h4-11H2,1-3H3. The van der Waals surface area contributed by atoms with Crippen LogP contribution in [0.5, 0.6) is 0 Å². The number of piperidine rings is 1. The van der Waals surface area contributed by atoms with Crippen LogP contribution in [0.1, 0.15) is 52.9 Å². The van der Waals surface area contributed by atoms with Crippen LogP contribution in [-0.2, 0) is 4.79 Å². The van der Waals surface area contributed by atoms with E-state index in [0.717, 1.165) is 13.0 Å². The van der Waals surface area contributed by atoms with Crippen LogP contribution >= 0.6 is 0 Å². The molecule has 15 heavy (non-hydrogen) atoms. The Morgan fingerprint density at radius 3 is 2.13 bits per heavy atom. The molecular weight excluding hydrogens is 186 g/mol. The smallest absolute Gasteiger partial charge is 0.131 e. The SMILES string of the molecule is CCC1(CC)CCN(CCC(C)=O)CC1. The third kappa shape index (κ3) is 3.60. The van der Waals surface area contributed by atoms with Gasteiger partial charge in [0.2, 0.25) is 0 Å². The van der Waals surface area contributed by atoms with Gasteiger partial charge in [-0.1, -0.05) is 26.7 Å². The maximum Gasteiger partial charge on any atom is 0.131 e. The number of carbonyl (C=O) groups is 1. The lowest BCUT2D eigenvalue weighted by atomic mass is 9.74. The first-order chi connectivity index (χ1) is 7.12. The summed E-state index contributed by atoms with van der Waals surface area (Å²) in [7, 11) is 0. The lowest BCUT2D eigenvalue weighted by Crippen LogP contribution is -2.40. The summed E-state index contributed by atoms with van der Waals surface area (Å²) in [6.07, 6.45) is 5.98. The van der Waals surface area contributed by atoms with Crippen molar-refractivity contribution >= 4 is 5.78 Å². The van der Waals surface area contributed by atoms with E-state index in [-0.39, 0.29) is 0 Å². The second kappa shape index (κ2) is 5.64. The highest BCUT2D eigenvalue weighted by Crippen LogP contribution is 2.37. The van der Waals surface area contributed by atoms with E-state index in [1.807, 2.05) is 0 Å². The fourth-order valence-corrected chi connectivity index (χ4v) is 2.52. The molecule has 1 aliphatic rings. The lowest BCUT2D eigenvalue weighted by molar-refractivity contribution is -0.117. The maximum absolute atomic E-state index is 10.9. The van der Waals surface area contributed by atoms with E-state index in [9.17, 15) is 4.79 Å². The van der Waals surface area contributed by atoms with Crippen LogP contribution in [0.25, 0.3) is 0 Å². The molecule has 2 nitrogen and oxygen atoms in total. The van der Waals surface area contributed by atoms with Crippen LogP contribution in [0.4, 0.5) is 0 Å². The molecule has 0 atom stereocenters. The van der Waals surface area contributed by atoms with Gasteiger partial charge in [0.05, 0.1) is 0 Å². The van der Waals surface area contributed by atoms with Gasteiger partial charge < -0.3 is 4.90 Å². The summed E-state index contributed by atoms with van der Waals surface area (Å²) in [5, 5.41) is 0. The summed E-state index contributed by atoms with van der Waals surface area (Å²) >= 11 is 0. The van der Waals surface area contributed by atoms with Gasteiger partial charge in [-0.2, -0.15) is 0 Å². The third-order valence-corrected chi connectivity index (χ3v) is 4.20. The quantitative estimate of drug-likeness (QED) is 0.697. The summed E-state index contributed by atoms with van der Waals surface area (Å²) < 4.78 is 0. The molecule has 1 aliphatic heterocycles. The Kier molecular flexibility index (Phi) is 4.78. The Morgan fingerprint density at radius 2 is 1.73 bits per heavy atom.